The Morgan fingerprint density at radius 3 is 2.73 bits per heavy atom. The molecule has 1 saturated carbocycles. The molecule has 2 unspecified atom stereocenters. The van der Waals surface area contributed by atoms with Gasteiger partial charge in [-0.1, -0.05) is 12.8 Å². The monoisotopic (exact) mass is 248 g/mol. The van der Waals surface area contributed by atoms with Gasteiger partial charge in [-0.3, -0.25) is 0 Å². The molecule has 2 atom stereocenters. The summed E-state index contributed by atoms with van der Waals surface area (Å²) >= 11 is 1.70. The van der Waals surface area contributed by atoms with E-state index in [1.54, 1.807) is 17.8 Å². The van der Waals surface area contributed by atoms with Crippen LogP contribution in [0.1, 0.15) is 25.7 Å². The lowest BCUT2D eigenvalue weighted by molar-refractivity contribution is 0.424. The number of sulfonamides is 1. The van der Waals surface area contributed by atoms with Crippen LogP contribution in [0.2, 0.25) is 0 Å². The zero-order chi connectivity index (χ0) is 11.3. The van der Waals surface area contributed by atoms with Crippen LogP contribution < -0.4 is 4.72 Å². The van der Waals surface area contributed by atoms with Crippen molar-refractivity contribution in [3.63, 3.8) is 0 Å². The van der Waals surface area contributed by atoms with E-state index >= 15 is 0 Å². The summed E-state index contributed by atoms with van der Waals surface area (Å²) in [5.74, 6) is -0.440. The van der Waals surface area contributed by atoms with Gasteiger partial charge in [-0.05, 0) is 19.1 Å². The van der Waals surface area contributed by atoms with Crippen LogP contribution in [-0.4, -0.2) is 31.7 Å². The maximum Gasteiger partial charge on any atom is 0.225 e. The van der Waals surface area contributed by atoms with Crippen molar-refractivity contribution < 1.29 is 8.42 Å². The lowest BCUT2D eigenvalue weighted by Gasteiger charge is -2.30. The van der Waals surface area contributed by atoms with Crippen molar-refractivity contribution >= 4 is 21.8 Å². The molecular formula is C9H16N2O2S2. The van der Waals surface area contributed by atoms with E-state index in [4.69, 9.17) is 5.26 Å². The third kappa shape index (κ3) is 4.01. The minimum Gasteiger partial charge on any atom is -0.211 e. The van der Waals surface area contributed by atoms with Crippen molar-refractivity contribution in [2.24, 2.45) is 0 Å². The normalized spacial score (nSPS) is 27.2. The molecule has 4 nitrogen and oxygen atoms in total. The van der Waals surface area contributed by atoms with Crippen LogP contribution in [0.3, 0.4) is 0 Å². The number of thioether (sulfide) groups is 1. The van der Waals surface area contributed by atoms with Gasteiger partial charge < -0.3 is 0 Å². The van der Waals surface area contributed by atoms with Gasteiger partial charge in [0, 0.05) is 11.3 Å². The van der Waals surface area contributed by atoms with E-state index in [2.05, 4.69) is 4.72 Å². The quantitative estimate of drug-likeness (QED) is 0.809. The van der Waals surface area contributed by atoms with Gasteiger partial charge >= 0.3 is 0 Å². The van der Waals surface area contributed by atoms with Crippen LogP contribution in [-0.2, 0) is 10.0 Å². The second-order valence-electron chi connectivity index (χ2n) is 3.70. The molecule has 0 saturated heterocycles. The van der Waals surface area contributed by atoms with E-state index in [0.717, 1.165) is 19.3 Å². The van der Waals surface area contributed by atoms with E-state index in [0.29, 0.717) is 5.25 Å². The number of hydrogen-bond donors (Lipinski definition) is 1. The SMILES string of the molecule is CSC1CCCCC1NS(=O)(=O)CC#N. The fraction of sp³-hybridized carbons (Fsp3) is 0.889. The summed E-state index contributed by atoms with van der Waals surface area (Å²) in [5.41, 5.74) is 0. The van der Waals surface area contributed by atoms with Crippen molar-refractivity contribution in [1.82, 2.24) is 4.72 Å². The first-order valence-electron chi connectivity index (χ1n) is 4.99. The zero-order valence-electron chi connectivity index (χ0n) is 8.77. The van der Waals surface area contributed by atoms with Crippen LogP contribution in [0.4, 0.5) is 0 Å². The van der Waals surface area contributed by atoms with Crippen LogP contribution in [0.25, 0.3) is 0 Å². The fourth-order valence-electron chi connectivity index (χ4n) is 1.87. The highest BCUT2D eigenvalue weighted by molar-refractivity contribution is 7.99. The first-order valence-corrected chi connectivity index (χ1v) is 7.93. The Labute approximate surface area is 95.5 Å². The number of nitrogens with zero attached hydrogens (tertiary/aromatic N) is 1. The Morgan fingerprint density at radius 2 is 2.13 bits per heavy atom. The lowest BCUT2D eigenvalue weighted by Crippen LogP contribution is -2.44. The molecule has 0 radical (unpaired) electrons. The molecule has 0 spiro atoms. The molecule has 1 N–H and O–H groups in total. The summed E-state index contributed by atoms with van der Waals surface area (Å²) < 4.78 is 25.5. The Kier molecular flexibility index (Phi) is 4.90. The smallest absolute Gasteiger partial charge is 0.211 e. The molecule has 0 heterocycles. The van der Waals surface area contributed by atoms with Crippen molar-refractivity contribution in [1.29, 1.82) is 5.26 Å². The van der Waals surface area contributed by atoms with Crippen LogP contribution in [0.5, 0.6) is 0 Å². The van der Waals surface area contributed by atoms with E-state index in [-0.39, 0.29) is 6.04 Å². The molecule has 0 aromatic rings. The lowest BCUT2D eigenvalue weighted by atomic mass is 9.96. The van der Waals surface area contributed by atoms with Gasteiger partial charge in [0.2, 0.25) is 10.0 Å². The first kappa shape index (κ1) is 12.8. The maximum atomic E-state index is 11.4. The van der Waals surface area contributed by atoms with Gasteiger partial charge in [0.05, 0.1) is 6.07 Å². The molecule has 6 heteroatoms. The Balaban J connectivity index is 2.59. The predicted octanol–water partition coefficient (Wildman–Crippen LogP) is 1.10. The van der Waals surface area contributed by atoms with Crippen LogP contribution >= 0.6 is 11.8 Å². The van der Waals surface area contributed by atoms with Gasteiger partial charge in [-0.25, -0.2) is 13.1 Å². The fourth-order valence-corrected chi connectivity index (χ4v) is 3.89. The highest BCUT2D eigenvalue weighted by Crippen LogP contribution is 2.27. The number of nitriles is 1. The average Bonchev–Trinajstić information content (AvgIpc) is 2.17. The molecule has 15 heavy (non-hydrogen) atoms. The van der Waals surface area contributed by atoms with Crippen LogP contribution in [0.15, 0.2) is 0 Å². The average molecular weight is 248 g/mol. The second kappa shape index (κ2) is 5.73. The highest BCUT2D eigenvalue weighted by Gasteiger charge is 2.27. The Morgan fingerprint density at radius 1 is 1.47 bits per heavy atom. The van der Waals surface area contributed by atoms with Gasteiger partial charge in [0.25, 0.3) is 0 Å². The minimum atomic E-state index is -3.40. The van der Waals surface area contributed by atoms with E-state index in [1.807, 2.05) is 6.26 Å². The first-order chi connectivity index (χ1) is 7.09. The number of nitrogens with one attached hydrogen (secondary N) is 1. The molecule has 1 aliphatic carbocycles. The van der Waals surface area contributed by atoms with E-state index < -0.39 is 15.8 Å². The summed E-state index contributed by atoms with van der Waals surface area (Å²) in [5, 5.41) is 8.73. The molecule has 0 aliphatic heterocycles. The summed E-state index contributed by atoms with van der Waals surface area (Å²) in [6, 6.07) is 1.68. The maximum absolute atomic E-state index is 11.4. The zero-order valence-corrected chi connectivity index (χ0v) is 10.4. The van der Waals surface area contributed by atoms with E-state index in [1.165, 1.54) is 6.42 Å². The molecule has 0 aromatic carbocycles. The van der Waals surface area contributed by atoms with Gasteiger partial charge in [-0.2, -0.15) is 17.0 Å². The predicted molar refractivity (Wildman–Crippen MR) is 62.1 cm³/mol. The third-order valence-corrected chi connectivity index (χ3v) is 4.93. The summed E-state index contributed by atoms with van der Waals surface area (Å²) in [6.07, 6.45) is 6.18. The minimum absolute atomic E-state index is 0.00657. The number of rotatable bonds is 4. The third-order valence-electron chi connectivity index (χ3n) is 2.59. The molecule has 1 aliphatic rings. The van der Waals surface area contributed by atoms with Gasteiger partial charge in [-0.15, -0.1) is 0 Å². The van der Waals surface area contributed by atoms with Crippen LogP contribution in [0, 0.1) is 11.3 Å². The van der Waals surface area contributed by atoms with Crippen molar-refractivity contribution in [2.45, 2.75) is 37.0 Å². The number of hydrogen-bond acceptors (Lipinski definition) is 4. The molecule has 0 amide bonds. The molecule has 86 valence electrons. The molecular weight excluding hydrogens is 232 g/mol. The van der Waals surface area contributed by atoms with Gasteiger partial charge in [0.1, 0.15) is 0 Å². The molecule has 0 bridgehead atoms. The highest BCUT2D eigenvalue weighted by atomic mass is 32.2. The summed E-state index contributed by atoms with van der Waals surface area (Å²) in [7, 11) is -3.40. The molecule has 1 rings (SSSR count). The topological polar surface area (TPSA) is 70.0 Å². The largest absolute Gasteiger partial charge is 0.225 e. The Bertz CT molecular complexity index is 335. The van der Waals surface area contributed by atoms with Crippen molar-refractivity contribution in [3.05, 3.63) is 0 Å². The van der Waals surface area contributed by atoms with Crippen molar-refractivity contribution in [3.8, 4) is 6.07 Å². The Hall–Kier alpha value is -0.250. The standard InChI is InChI=1S/C9H16N2O2S2/c1-14-9-5-3-2-4-8(9)11-15(12,13)7-6-10/h8-9,11H,2-5,7H2,1H3. The van der Waals surface area contributed by atoms with E-state index in [9.17, 15) is 8.42 Å². The molecule has 0 aromatic heterocycles. The summed E-state index contributed by atoms with van der Waals surface area (Å²) in [4.78, 5) is 0. The molecule has 1 fully saturated rings. The second-order valence-corrected chi connectivity index (χ2v) is 6.53. The van der Waals surface area contributed by atoms with Crippen molar-refractivity contribution in [2.75, 3.05) is 12.0 Å². The summed E-state index contributed by atoms with van der Waals surface area (Å²) in [6.45, 7) is 0. The van der Waals surface area contributed by atoms with Gasteiger partial charge in [0.15, 0.2) is 5.75 Å².